The van der Waals surface area contributed by atoms with Crippen molar-refractivity contribution in [2.45, 2.75) is 25.2 Å². The summed E-state index contributed by atoms with van der Waals surface area (Å²) in [6, 6.07) is 5.46. The number of allylic oxidation sites excluding steroid dienone is 2. The predicted octanol–water partition coefficient (Wildman–Crippen LogP) is 3.32. The highest BCUT2D eigenvalue weighted by molar-refractivity contribution is 9.10. The highest BCUT2D eigenvalue weighted by atomic mass is 79.9. The van der Waals surface area contributed by atoms with Crippen LogP contribution in [0, 0.1) is 0 Å². The molecule has 1 aromatic rings. The maximum absolute atomic E-state index is 12.0. The van der Waals surface area contributed by atoms with E-state index < -0.39 is 0 Å². The van der Waals surface area contributed by atoms with Crippen molar-refractivity contribution in [1.82, 2.24) is 5.32 Å². The molecule has 1 unspecified atom stereocenters. The van der Waals surface area contributed by atoms with Crippen molar-refractivity contribution >= 4 is 39.2 Å². The molecule has 1 atom stereocenters. The summed E-state index contributed by atoms with van der Waals surface area (Å²) in [4.78, 5) is 23.8. The number of hydrogen-bond acceptors (Lipinski definition) is 2. The van der Waals surface area contributed by atoms with E-state index in [2.05, 4.69) is 21.2 Å². The molecule has 1 heterocycles. The molecule has 0 saturated carbocycles. The Morgan fingerprint density at radius 2 is 2.05 bits per heavy atom. The normalized spacial score (nSPS) is 22.5. The monoisotopic (exact) mass is 339 g/mol. The lowest BCUT2D eigenvalue weighted by molar-refractivity contribution is -0.121. The van der Waals surface area contributed by atoms with Crippen LogP contribution in [-0.4, -0.2) is 11.7 Å². The van der Waals surface area contributed by atoms with Gasteiger partial charge in [-0.1, -0.05) is 27.5 Å². The first-order valence-electron chi connectivity index (χ1n) is 6.07. The second-order valence-electron chi connectivity index (χ2n) is 4.79. The minimum atomic E-state index is -0.188. The standard InChI is InChI=1S/C14H11BrClNO2/c15-10-2-1-7(16)5-8(10)9-6-13(19)17-11-3-4-12(18)14(9)11/h1-2,5,9H,3-4,6H2,(H,17,19). The molecular formula is C14H11BrClNO2. The molecule has 98 valence electrons. The van der Waals surface area contributed by atoms with E-state index in [1.165, 1.54) is 0 Å². The number of halogens is 2. The lowest BCUT2D eigenvalue weighted by Gasteiger charge is -2.25. The fourth-order valence-corrected chi connectivity index (χ4v) is 3.47. The molecule has 2 aliphatic rings. The summed E-state index contributed by atoms with van der Waals surface area (Å²) in [5, 5.41) is 3.42. The van der Waals surface area contributed by atoms with Crippen LogP contribution in [0.2, 0.25) is 5.02 Å². The second-order valence-corrected chi connectivity index (χ2v) is 6.08. The Bertz CT molecular complexity index is 624. The minimum absolute atomic E-state index is 0.0367. The van der Waals surface area contributed by atoms with E-state index in [9.17, 15) is 9.59 Å². The van der Waals surface area contributed by atoms with Crippen molar-refractivity contribution in [2.24, 2.45) is 0 Å². The maximum Gasteiger partial charge on any atom is 0.225 e. The van der Waals surface area contributed by atoms with Gasteiger partial charge in [-0.25, -0.2) is 0 Å². The van der Waals surface area contributed by atoms with Gasteiger partial charge in [-0.15, -0.1) is 0 Å². The average Bonchev–Trinajstić information content (AvgIpc) is 2.73. The number of amides is 1. The summed E-state index contributed by atoms with van der Waals surface area (Å²) in [6.07, 6.45) is 1.41. The van der Waals surface area contributed by atoms with Gasteiger partial charge in [0, 0.05) is 39.5 Å². The lowest BCUT2D eigenvalue weighted by Crippen LogP contribution is -2.31. The van der Waals surface area contributed by atoms with Gasteiger partial charge in [0.25, 0.3) is 0 Å². The molecule has 3 nitrogen and oxygen atoms in total. The van der Waals surface area contributed by atoms with Crippen molar-refractivity contribution in [3.63, 3.8) is 0 Å². The van der Waals surface area contributed by atoms with E-state index >= 15 is 0 Å². The van der Waals surface area contributed by atoms with Gasteiger partial charge >= 0.3 is 0 Å². The Labute approximate surface area is 124 Å². The number of carbonyl (C=O) groups excluding carboxylic acids is 2. The van der Waals surface area contributed by atoms with Crippen molar-refractivity contribution in [3.8, 4) is 0 Å². The molecule has 1 aromatic carbocycles. The Balaban J connectivity index is 2.12. The second kappa shape index (κ2) is 4.76. The zero-order chi connectivity index (χ0) is 13.6. The molecule has 1 N–H and O–H groups in total. The Morgan fingerprint density at radius 3 is 2.84 bits per heavy atom. The highest BCUT2D eigenvalue weighted by Gasteiger charge is 2.37. The first-order chi connectivity index (χ1) is 9.06. The number of carbonyl (C=O) groups is 2. The smallest absolute Gasteiger partial charge is 0.225 e. The predicted molar refractivity (Wildman–Crippen MR) is 75.9 cm³/mol. The highest BCUT2D eigenvalue weighted by Crippen LogP contribution is 2.41. The Morgan fingerprint density at radius 1 is 1.26 bits per heavy atom. The first-order valence-corrected chi connectivity index (χ1v) is 7.24. The molecule has 0 aromatic heterocycles. The molecule has 0 fully saturated rings. The van der Waals surface area contributed by atoms with E-state index in [-0.39, 0.29) is 17.6 Å². The van der Waals surface area contributed by atoms with Crippen molar-refractivity contribution in [3.05, 3.63) is 44.5 Å². The fourth-order valence-electron chi connectivity index (χ4n) is 2.76. The first kappa shape index (κ1) is 12.9. The Kier molecular flexibility index (Phi) is 3.23. The van der Waals surface area contributed by atoms with Crippen LogP contribution >= 0.6 is 27.5 Å². The molecule has 19 heavy (non-hydrogen) atoms. The van der Waals surface area contributed by atoms with Crippen LogP contribution in [-0.2, 0) is 9.59 Å². The van der Waals surface area contributed by atoms with Crippen LogP contribution in [0.4, 0.5) is 0 Å². The zero-order valence-electron chi connectivity index (χ0n) is 10.0. The largest absolute Gasteiger partial charge is 0.329 e. The molecule has 3 rings (SSSR count). The van der Waals surface area contributed by atoms with E-state index in [1.807, 2.05) is 12.1 Å². The van der Waals surface area contributed by atoms with Crippen LogP contribution in [0.25, 0.3) is 0 Å². The van der Waals surface area contributed by atoms with Crippen LogP contribution in [0.3, 0.4) is 0 Å². The molecule has 1 aliphatic heterocycles. The van der Waals surface area contributed by atoms with Gasteiger partial charge in [0.15, 0.2) is 5.78 Å². The number of hydrogen-bond donors (Lipinski definition) is 1. The Hall–Kier alpha value is -1.13. The van der Waals surface area contributed by atoms with E-state index in [0.717, 1.165) is 21.3 Å². The topological polar surface area (TPSA) is 46.2 Å². The van der Waals surface area contributed by atoms with Crippen LogP contribution in [0.15, 0.2) is 33.9 Å². The number of ketones is 1. The minimum Gasteiger partial charge on any atom is -0.329 e. The van der Waals surface area contributed by atoms with Gasteiger partial charge in [-0.3, -0.25) is 9.59 Å². The van der Waals surface area contributed by atoms with Gasteiger partial charge in [-0.05, 0) is 30.2 Å². The number of benzene rings is 1. The summed E-state index contributed by atoms with van der Waals surface area (Å²) in [5.74, 6) is -0.0935. The van der Waals surface area contributed by atoms with Gasteiger partial charge in [0.1, 0.15) is 0 Å². The molecule has 0 radical (unpaired) electrons. The zero-order valence-corrected chi connectivity index (χ0v) is 12.3. The third-order valence-electron chi connectivity index (χ3n) is 3.59. The fraction of sp³-hybridized carbons (Fsp3) is 0.286. The summed E-state index contributed by atoms with van der Waals surface area (Å²) in [5.41, 5.74) is 2.45. The molecule has 0 bridgehead atoms. The lowest BCUT2D eigenvalue weighted by atomic mass is 9.84. The molecule has 0 spiro atoms. The third kappa shape index (κ3) is 2.23. The quantitative estimate of drug-likeness (QED) is 0.852. The average molecular weight is 341 g/mol. The summed E-state index contributed by atoms with van der Waals surface area (Å²) in [6.45, 7) is 0. The maximum atomic E-state index is 12.0. The number of Topliss-reactive ketones (excluding diaryl/α,β-unsaturated/α-hetero) is 1. The molecule has 1 amide bonds. The number of nitrogens with one attached hydrogen (secondary N) is 1. The van der Waals surface area contributed by atoms with Crippen molar-refractivity contribution in [1.29, 1.82) is 0 Å². The van der Waals surface area contributed by atoms with Crippen molar-refractivity contribution in [2.75, 3.05) is 0 Å². The third-order valence-corrected chi connectivity index (χ3v) is 4.55. The van der Waals surface area contributed by atoms with E-state index in [1.54, 1.807) is 6.07 Å². The summed E-state index contributed by atoms with van der Waals surface area (Å²) < 4.78 is 0.878. The van der Waals surface area contributed by atoms with Gasteiger partial charge in [0.05, 0.1) is 0 Å². The van der Waals surface area contributed by atoms with Crippen LogP contribution in [0.1, 0.15) is 30.7 Å². The molecule has 1 aliphatic carbocycles. The van der Waals surface area contributed by atoms with Crippen molar-refractivity contribution < 1.29 is 9.59 Å². The summed E-state index contributed by atoms with van der Waals surface area (Å²) in [7, 11) is 0. The van der Waals surface area contributed by atoms with E-state index in [0.29, 0.717) is 24.3 Å². The van der Waals surface area contributed by atoms with Gasteiger partial charge in [0.2, 0.25) is 5.91 Å². The van der Waals surface area contributed by atoms with E-state index in [4.69, 9.17) is 11.6 Å². The SMILES string of the molecule is O=C1CC(c2cc(Cl)ccc2Br)C2=C(CCC2=O)N1. The molecule has 0 saturated heterocycles. The van der Waals surface area contributed by atoms with Gasteiger partial charge < -0.3 is 5.32 Å². The molecule has 5 heteroatoms. The number of rotatable bonds is 1. The summed E-state index contributed by atoms with van der Waals surface area (Å²) >= 11 is 9.51. The van der Waals surface area contributed by atoms with Gasteiger partial charge in [-0.2, -0.15) is 0 Å². The van der Waals surface area contributed by atoms with Crippen LogP contribution < -0.4 is 5.32 Å². The molecular weight excluding hydrogens is 330 g/mol. The van der Waals surface area contributed by atoms with Crippen LogP contribution in [0.5, 0.6) is 0 Å².